The number of nitrogens with zero attached hydrogens (tertiary/aromatic N) is 5. The van der Waals surface area contributed by atoms with E-state index in [2.05, 4.69) is 35.2 Å². The Labute approximate surface area is 170 Å². The van der Waals surface area contributed by atoms with Crippen molar-refractivity contribution < 1.29 is 0 Å². The summed E-state index contributed by atoms with van der Waals surface area (Å²) in [6, 6.07) is 10.7. The molecule has 0 N–H and O–H groups in total. The van der Waals surface area contributed by atoms with Crippen LogP contribution in [0.4, 0.5) is 0 Å². The second-order valence-electron chi connectivity index (χ2n) is 8.06. The van der Waals surface area contributed by atoms with E-state index in [0.29, 0.717) is 30.2 Å². The lowest BCUT2D eigenvalue weighted by atomic mass is 9.90. The molecule has 0 aliphatic carbocycles. The van der Waals surface area contributed by atoms with Gasteiger partial charge in [-0.25, -0.2) is 9.78 Å². The number of hydrogen-bond donors (Lipinski definition) is 0. The van der Waals surface area contributed by atoms with Crippen LogP contribution in [-0.2, 0) is 33.6 Å². The van der Waals surface area contributed by atoms with Crippen LogP contribution in [0.1, 0.15) is 31.2 Å². The van der Waals surface area contributed by atoms with Gasteiger partial charge in [-0.2, -0.15) is 0 Å². The van der Waals surface area contributed by atoms with Crippen LogP contribution >= 0.6 is 0 Å². The Kier molecular flexibility index (Phi) is 5.41. The zero-order valence-corrected chi connectivity index (χ0v) is 17.5. The quantitative estimate of drug-likeness (QED) is 0.662. The molecule has 2 aromatic heterocycles. The number of piperidine rings is 1. The summed E-state index contributed by atoms with van der Waals surface area (Å²) in [7, 11) is 3.20. The fourth-order valence-corrected chi connectivity index (χ4v) is 4.45. The Morgan fingerprint density at radius 3 is 2.38 bits per heavy atom. The highest BCUT2D eigenvalue weighted by atomic mass is 16.2. The molecule has 0 unspecified atom stereocenters. The average Bonchev–Trinajstić information content (AvgIpc) is 3.11. The monoisotopic (exact) mass is 395 g/mol. The first-order chi connectivity index (χ1) is 14.0. The fraction of sp³-hybridized carbons (Fsp3) is 0.500. The van der Waals surface area contributed by atoms with Crippen molar-refractivity contribution in [3.05, 3.63) is 62.6 Å². The number of fused-ring (bicyclic) bond motifs is 1. The van der Waals surface area contributed by atoms with Crippen molar-refractivity contribution in [1.29, 1.82) is 0 Å². The molecule has 0 saturated carbocycles. The smallest absolute Gasteiger partial charge is 0.321 e. The van der Waals surface area contributed by atoms with Gasteiger partial charge >= 0.3 is 5.69 Å². The van der Waals surface area contributed by atoms with Gasteiger partial charge in [-0.05, 0) is 50.8 Å². The number of likely N-dealkylation sites (tertiary alicyclic amines) is 1. The van der Waals surface area contributed by atoms with Gasteiger partial charge in [0.15, 0.2) is 11.2 Å². The van der Waals surface area contributed by atoms with Gasteiger partial charge in [0.05, 0.1) is 6.54 Å². The van der Waals surface area contributed by atoms with Crippen LogP contribution in [0.2, 0.25) is 0 Å². The molecule has 1 saturated heterocycles. The van der Waals surface area contributed by atoms with Crippen molar-refractivity contribution in [2.24, 2.45) is 20.0 Å². The molecule has 1 aliphatic heterocycles. The summed E-state index contributed by atoms with van der Waals surface area (Å²) in [5, 5.41) is 0. The molecule has 7 heteroatoms. The molecule has 29 heavy (non-hydrogen) atoms. The van der Waals surface area contributed by atoms with E-state index < -0.39 is 0 Å². The molecule has 1 aliphatic rings. The molecule has 0 radical (unpaired) electrons. The van der Waals surface area contributed by atoms with E-state index in [1.807, 2.05) is 11.5 Å². The normalized spacial score (nSPS) is 16.0. The van der Waals surface area contributed by atoms with Crippen molar-refractivity contribution in [1.82, 2.24) is 23.6 Å². The van der Waals surface area contributed by atoms with Crippen LogP contribution in [0.25, 0.3) is 11.2 Å². The predicted octanol–water partition coefficient (Wildman–Crippen LogP) is 1.91. The third-order valence-corrected chi connectivity index (χ3v) is 6.18. The van der Waals surface area contributed by atoms with Gasteiger partial charge in [-0.15, -0.1) is 0 Å². The van der Waals surface area contributed by atoms with Crippen LogP contribution in [-0.4, -0.2) is 36.7 Å². The molecular weight excluding hydrogens is 366 g/mol. The van der Waals surface area contributed by atoms with E-state index in [4.69, 9.17) is 4.98 Å². The van der Waals surface area contributed by atoms with E-state index in [1.54, 1.807) is 7.05 Å². The van der Waals surface area contributed by atoms with Crippen molar-refractivity contribution in [3.63, 3.8) is 0 Å². The average molecular weight is 396 g/mol. The van der Waals surface area contributed by atoms with Gasteiger partial charge in [0.25, 0.3) is 5.56 Å². The van der Waals surface area contributed by atoms with Crippen molar-refractivity contribution in [2.75, 3.05) is 13.1 Å². The van der Waals surface area contributed by atoms with Gasteiger partial charge in [0, 0.05) is 20.6 Å². The van der Waals surface area contributed by atoms with Crippen molar-refractivity contribution in [3.8, 4) is 0 Å². The minimum absolute atomic E-state index is 0.273. The maximum absolute atomic E-state index is 12.7. The van der Waals surface area contributed by atoms with E-state index in [1.165, 1.54) is 30.0 Å². The van der Waals surface area contributed by atoms with E-state index in [0.717, 1.165) is 29.9 Å². The number of aryl methyl sites for hydroxylation is 2. The lowest BCUT2D eigenvalue weighted by Crippen LogP contribution is -2.37. The first-order valence-electron chi connectivity index (χ1n) is 10.4. The summed E-state index contributed by atoms with van der Waals surface area (Å²) in [5.74, 6) is 1.58. The summed E-state index contributed by atoms with van der Waals surface area (Å²) in [6.45, 7) is 5.44. The number of rotatable bonds is 5. The summed E-state index contributed by atoms with van der Waals surface area (Å²) in [5.41, 5.74) is 1.80. The Hall–Kier alpha value is -2.67. The lowest BCUT2D eigenvalue weighted by molar-refractivity contribution is 0.172. The Morgan fingerprint density at radius 2 is 1.72 bits per heavy atom. The molecule has 7 nitrogen and oxygen atoms in total. The van der Waals surface area contributed by atoms with Crippen molar-refractivity contribution >= 4 is 11.2 Å². The van der Waals surface area contributed by atoms with Crippen LogP contribution in [0.5, 0.6) is 0 Å². The molecule has 3 aromatic rings. The van der Waals surface area contributed by atoms with E-state index in [9.17, 15) is 9.59 Å². The van der Waals surface area contributed by atoms with Crippen LogP contribution in [0, 0.1) is 5.92 Å². The molecule has 1 fully saturated rings. The third kappa shape index (κ3) is 3.67. The number of imidazole rings is 1. The topological polar surface area (TPSA) is 65.1 Å². The molecule has 3 heterocycles. The summed E-state index contributed by atoms with van der Waals surface area (Å²) < 4.78 is 4.60. The fourth-order valence-electron chi connectivity index (χ4n) is 4.45. The number of aromatic nitrogens is 4. The largest absolute Gasteiger partial charge is 0.332 e. The summed E-state index contributed by atoms with van der Waals surface area (Å²) in [6.07, 6.45) is 3.48. The minimum Gasteiger partial charge on any atom is -0.321 e. The molecule has 4 rings (SSSR count). The van der Waals surface area contributed by atoms with Crippen LogP contribution in [0.3, 0.4) is 0 Å². The SMILES string of the molecule is CCn1c(CN2CCC(Cc3ccccc3)CC2)nc2c1c(=O)n(C)c(=O)n2C. The zero-order chi connectivity index (χ0) is 20.5. The zero-order valence-electron chi connectivity index (χ0n) is 17.5. The second-order valence-corrected chi connectivity index (χ2v) is 8.06. The molecule has 0 bridgehead atoms. The third-order valence-electron chi connectivity index (χ3n) is 6.18. The van der Waals surface area contributed by atoms with E-state index in [-0.39, 0.29) is 11.2 Å². The van der Waals surface area contributed by atoms with Gasteiger partial charge in [-0.3, -0.25) is 18.8 Å². The standard InChI is InChI=1S/C22H29N5O2/c1-4-27-18(23-20-19(27)21(28)25(3)22(29)24(20)2)15-26-12-10-17(11-13-26)14-16-8-6-5-7-9-16/h5-9,17H,4,10-15H2,1-3H3. The summed E-state index contributed by atoms with van der Waals surface area (Å²) in [4.78, 5) is 32.0. The van der Waals surface area contributed by atoms with Gasteiger partial charge in [0.2, 0.25) is 0 Å². The van der Waals surface area contributed by atoms with E-state index >= 15 is 0 Å². The maximum atomic E-state index is 12.7. The van der Waals surface area contributed by atoms with Gasteiger partial charge in [-0.1, -0.05) is 30.3 Å². The Bertz CT molecular complexity index is 1120. The van der Waals surface area contributed by atoms with Gasteiger partial charge < -0.3 is 4.57 Å². The Balaban J connectivity index is 1.52. The molecule has 154 valence electrons. The molecule has 0 amide bonds. The maximum Gasteiger partial charge on any atom is 0.332 e. The highest BCUT2D eigenvalue weighted by Crippen LogP contribution is 2.23. The molecule has 0 atom stereocenters. The minimum atomic E-state index is -0.337. The number of hydrogen-bond acceptors (Lipinski definition) is 4. The van der Waals surface area contributed by atoms with Crippen molar-refractivity contribution in [2.45, 2.75) is 39.3 Å². The first kappa shape index (κ1) is 19.6. The highest BCUT2D eigenvalue weighted by Gasteiger charge is 2.23. The summed E-state index contributed by atoms with van der Waals surface area (Å²) >= 11 is 0. The number of benzene rings is 1. The molecule has 0 spiro atoms. The Morgan fingerprint density at radius 1 is 1.03 bits per heavy atom. The molecular formula is C22H29N5O2. The second kappa shape index (κ2) is 7.99. The highest BCUT2D eigenvalue weighted by molar-refractivity contribution is 5.71. The van der Waals surface area contributed by atoms with Gasteiger partial charge in [0.1, 0.15) is 5.82 Å². The lowest BCUT2D eigenvalue weighted by Gasteiger charge is -2.31. The molecule has 1 aromatic carbocycles. The van der Waals surface area contributed by atoms with Crippen LogP contribution < -0.4 is 11.2 Å². The van der Waals surface area contributed by atoms with Crippen LogP contribution in [0.15, 0.2) is 39.9 Å². The predicted molar refractivity (Wildman–Crippen MR) is 114 cm³/mol. The first-order valence-corrected chi connectivity index (χ1v) is 10.4.